The summed E-state index contributed by atoms with van der Waals surface area (Å²) in [5, 5.41) is 0. The first-order valence-electron chi connectivity index (χ1n) is 9.50. The third-order valence-electron chi connectivity index (χ3n) is 6.15. The van der Waals surface area contributed by atoms with E-state index in [0.717, 1.165) is 12.1 Å². The number of hydrogen-bond donors (Lipinski definition) is 0. The Morgan fingerprint density at radius 3 is 2.03 bits per heavy atom. The molecule has 3 aromatic rings. The summed E-state index contributed by atoms with van der Waals surface area (Å²) in [5.74, 6) is -2.88. The van der Waals surface area contributed by atoms with Crippen LogP contribution in [0, 0.1) is 29.2 Å². The highest BCUT2D eigenvalue weighted by Crippen LogP contribution is 2.56. The van der Waals surface area contributed by atoms with E-state index in [1.807, 2.05) is 43.0 Å². The lowest BCUT2D eigenvalue weighted by Crippen LogP contribution is -2.48. The van der Waals surface area contributed by atoms with Gasteiger partial charge in [0.1, 0.15) is 29.4 Å². The van der Waals surface area contributed by atoms with Gasteiger partial charge >= 0.3 is 0 Å². The molecule has 0 aliphatic carbocycles. The van der Waals surface area contributed by atoms with Gasteiger partial charge in [-0.05, 0) is 41.8 Å². The van der Waals surface area contributed by atoms with Crippen molar-refractivity contribution in [2.75, 3.05) is 9.80 Å². The molecule has 6 heteroatoms. The second-order valence-electron chi connectivity index (χ2n) is 7.71. The van der Waals surface area contributed by atoms with Gasteiger partial charge in [0.2, 0.25) is 0 Å². The quantitative estimate of drug-likeness (QED) is 0.426. The van der Waals surface area contributed by atoms with Gasteiger partial charge in [0.15, 0.2) is 0 Å². The molecule has 0 aromatic heterocycles. The van der Waals surface area contributed by atoms with E-state index in [2.05, 4.69) is 0 Å². The fraction of sp³-hybridized carbons (Fsp3) is 0.217. The summed E-state index contributed by atoms with van der Waals surface area (Å²) < 4.78 is 57.3. The van der Waals surface area contributed by atoms with Crippen molar-refractivity contribution >= 4 is 22.7 Å². The monoisotopic (exact) mass is 398 g/mol. The largest absolute Gasteiger partial charge is 0.315 e. The normalized spacial score (nSPS) is 22.3. The fourth-order valence-corrected chi connectivity index (χ4v) is 4.67. The average Bonchev–Trinajstić information content (AvgIpc) is 3.01. The minimum absolute atomic E-state index is 0.0967. The zero-order valence-electron chi connectivity index (χ0n) is 15.8. The number of nitrogens with zero attached hydrogens (tertiary/aromatic N) is 2. The van der Waals surface area contributed by atoms with Gasteiger partial charge in [0.05, 0.1) is 22.7 Å². The number of benzene rings is 3. The molecule has 3 aromatic carbocycles. The molecule has 3 atom stereocenters. The van der Waals surface area contributed by atoms with Gasteiger partial charge in [-0.3, -0.25) is 0 Å². The average molecular weight is 398 g/mol. The predicted molar refractivity (Wildman–Crippen MR) is 105 cm³/mol. The van der Waals surface area contributed by atoms with Gasteiger partial charge in [-0.15, -0.1) is 0 Å². The molecular formula is C23H18F4N2. The lowest BCUT2D eigenvalue weighted by Gasteiger charge is -2.45. The summed E-state index contributed by atoms with van der Waals surface area (Å²) in [4.78, 5) is 3.60. The van der Waals surface area contributed by atoms with Crippen molar-refractivity contribution in [2.24, 2.45) is 5.92 Å². The second-order valence-corrected chi connectivity index (χ2v) is 7.71. The smallest absolute Gasteiger partial charge is 0.150 e. The first kappa shape index (κ1) is 18.0. The Balaban J connectivity index is 1.79. The van der Waals surface area contributed by atoms with Gasteiger partial charge in [0, 0.05) is 18.1 Å². The zero-order valence-corrected chi connectivity index (χ0v) is 15.8. The summed E-state index contributed by atoms with van der Waals surface area (Å²) in [7, 11) is 0. The number of hydrogen-bond acceptors (Lipinski definition) is 2. The minimum Gasteiger partial charge on any atom is -0.315 e. The summed E-state index contributed by atoms with van der Waals surface area (Å²) in [5.41, 5.74) is 2.50. The van der Waals surface area contributed by atoms with Gasteiger partial charge in [-0.25, -0.2) is 17.6 Å². The van der Waals surface area contributed by atoms with E-state index in [1.54, 1.807) is 4.90 Å². The highest BCUT2D eigenvalue weighted by atomic mass is 19.1. The van der Waals surface area contributed by atoms with E-state index >= 15 is 4.39 Å². The van der Waals surface area contributed by atoms with Crippen molar-refractivity contribution in [3.05, 3.63) is 83.4 Å². The number of para-hydroxylation sites is 2. The molecule has 0 spiro atoms. The van der Waals surface area contributed by atoms with Crippen molar-refractivity contribution in [2.45, 2.75) is 25.9 Å². The van der Waals surface area contributed by atoms with Crippen LogP contribution in [0.3, 0.4) is 0 Å². The second kappa shape index (κ2) is 6.24. The number of rotatable bonds is 1. The molecule has 2 aliphatic rings. The van der Waals surface area contributed by atoms with Crippen LogP contribution in [0.15, 0.2) is 54.6 Å². The van der Waals surface area contributed by atoms with Gasteiger partial charge < -0.3 is 9.80 Å². The number of halogens is 4. The molecule has 5 rings (SSSR count). The van der Waals surface area contributed by atoms with Crippen molar-refractivity contribution < 1.29 is 17.6 Å². The highest BCUT2D eigenvalue weighted by molar-refractivity contribution is 5.90. The van der Waals surface area contributed by atoms with Crippen LogP contribution in [0.2, 0.25) is 0 Å². The van der Waals surface area contributed by atoms with Crippen molar-refractivity contribution in [1.29, 1.82) is 0 Å². The van der Waals surface area contributed by atoms with E-state index in [0.29, 0.717) is 22.6 Å². The molecule has 0 bridgehead atoms. The minimum atomic E-state index is -0.688. The number of anilines is 4. The van der Waals surface area contributed by atoms with Gasteiger partial charge in [-0.1, -0.05) is 26.0 Å². The maximum atomic E-state index is 15.0. The molecule has 0 N–H and O–H groups in total. The molecule has 0 amide bonds. The summed E-state index contributed by atoms with van der Waals surface area (Å²) in [6.45, 7) is 3.90. The Morgan fingerprint density at radius 1 is 0.690 bits per heavy atom. The van der Waals surface area contributed by atoms with Crippen LogP contribution < -0.4 is 9.80 Å². The summed E-state index contributed by atoms with van der Waals surface area (Å²) >= 11 is 0. The lowest BCUT2D eigenvalue weighted by atomic mass is 9.81. The van der Waals surface area contributed by atoms with E-state index in [1.165, 1.54) is 18.2 Å². The standard InChI is InChI=1S/C23H18F4N2/c1-12-13(2)23-28(19-8-7-14(24)10-17(19)26)20-5-3-4-6-21(20)29(23)22-16(12)9-15(25)11-18(22)27/h3-13,23H,1-2H3. The van der Waals surface area contributed by atoms with E-state index in [-0.39, 0.29) is 17.5 Å². The molecule has 0 radical (unpaired) electrons. The van der Waals surface area contributed by atoms with Crippen LogP contribution >= 0.6 is 0 Å². The van der Waals surface area contributed by atoms with Crippen molar-refractivity contribution in [3.63, 3.8) is 0 Å². The zero-order chi connectivity index (χ0) is 20.4. The van der Waals surface area contributed by atoms with Crippen LogP contribution in [0.4, 0.5) is 40.3 Å². The van der Waals surface area contributed by atoms with Crippen molar-refractivity contribution in [1.82, 2.24) is 0 Å². The molecule has 29 heavy (non-hydrogen) atoms. The van der Waals surface area contributed by atoms with Gasteiger partial charge in [0.25, 0.3) is 0 Å². The molecule has 148 valence electrons. The Bertz CT molecular complexity index is 1130. The maximum Gasteiger partial charge on any atom is 0.150 e. The van der Waals surface area contributed by atoms with Crippen LogP contribution in [-0.4, -0.2) is 6.17 Å². The molecule has 0 saturated heterocycles. The molecular weight excluding hydrogens is 380 g/mol. The molecule has 2 aliphatic heterocycles. The Morgan fingerprint density at radius 2 is 1.34 bits per heavy atom. The van der Waals surface area contributed by atoms with E-state index in [4.69, 9.17) is 0 Å². The maximum absolute atomic E-state index is 15.0. The third-order valence-corrected chi connectivity index (χ3v) is 6.15. The predicted octanol–water partition coefficient (Wildman–Crippen LogP) is 6.61. The highest BCUT2D eigenvalue weighted by Gasteiger charge is 2.48. The first-order valence-corrected chi connectivity index (χ1v) is 9.50. The molecule has 0 fully saturated rings. The number of fused-ring (bicyclic) bond motifs is 5. The molecule has 3 unspecified atom stereocenters. The van der Waals surface area contributed by atoms with Crippen LogP contribution in [0.5, 0.6) is 0 Å². The summed E-state index contributed by atoms with van der Waals surface area (Å²) in [6, 6.07) is 13.0. The molecule has 0 saturated carbocycles. The van der Waals surface area contributed by atoms with Crippen LogP contribution in [0.1, 0.15) is 25.3 Å². The van der Waals surface area contributed by atoms with Gasteiger partial charge in [-0.2, -0.15) is 0 Å². The van der Waals surface area contributed by atoms with E-state index < -0.39 is 29.4 Å². The van der Waals surface area contributed by atoms with Crippen LogP contribution in [0.25, 0.3) is 0 Å². The Labute approximate surface area is 166 Å². The molecule has 2 heterocycles. The topological polar surface area (TPSA) is 6.48 Å². The lowest BCUT2D eigenvalue weighted by molar-refractivity contribution is 0.377. The first-order chi connectivity index (χ1) is 13.9. The summed E-state index contributed by atoms with van der Waals surface area (Å²) in [6.07, 6.45) is -0.435. The fourth-order valence-electron chi connectivity index (χ4n) is 4.67. The van der Waals surface area contributed by atoms with Crippen molar-refractivity contribution in [3.8, 4) is 0 Å². The third kappa shape index (κ3) is 2.48. The Kier molecular flexibility index (Phi) is 3.88. The Hall–Kier alpha value is -3.02. The SMILES string of the molecule is CC1c2cc(F)cc(F)c2N2c3ccccc3N(c3ccc(F)cc3F)C2C1C. The van der Waals surface area contributed by atoms with E-state index in [9.17, 15) is 13.2 Å². The molecule has 2 nitrogen and oxygen atoms in total. The van der Waals surface area contributed by atoms with Crippen LogP contribution in [-0.2, 0) is 0 Å².